The summed E-state index contributed by atoms with van der Waals surface area (Å²) >= 11 is 0. The van der Waals surface area contributed by atoms with Crippen LogP contribution in [0.4, 0.5) is 0 Å². The highest BCUT2D eigenvalue weighted by Crippen LogP contribution is 2.57. The molecular formula is C14H23O2P. The second-order valence-electron chi connectivity index (χ2n) is 5.61. The molecule has 3 heteroatoms. The lowest BCUT2D eigenvalue weighted by Crippen LogP contribution is -2.26. The van der Waals surface area contributed by atoms with Gasteiger partial charge in [0.25, 0.3) is 0 Å². The number of rotatable bonds is 4. The Kier molecular flexibility index (Phi) is 4.57. The van der Waals surface area contributed by atoms with Crippen LogP contribution in [0.5, 0.6) is 0 Å². The van der Waals surface area contributed by atoms with Gasteiger partial charge in [-0.15, -0.1) is 0 Å². The molecule has 0 spiro atoms. The van der Waals surface area contributed by atoms with E-state index < -0.39 is 13.2 Å². The van der Waals surface area contributed by atoms with Gasteiger partial charge in [0.1, 0.15) is 7.14 Å². The Balaban J connectivity index is 3.08. The van der Waals surface area contributed by atoms with Gasteiger partial charge in [-0.25, -0.2) is 0 Å². The molecule has 0 heterocycles. The molecule has 2 nitrogen and oxygen atoms in total. The van der Waals surface area contributed by atoms with Crippen LogP contribution in [0.15, 0.2) is 30.3 Å². The summed E-state index contributed by atoms with van der Waals surface area (Å²) in [6.07, 6.45) is 0.760. The Labute approximate surface area is 104 Å². The van der Waals surface area contributed by atoms with Crippen LogP contribution >= 0.6 is 7.14 Å². The van der Waals surface area contributed by atoms with E-state index in [4.69, 9.17) is 0 Å². The minimum Gasteiger partial charge on any atom is -0.393 e. The van der Waals surface area contributed by atoms with Gasteiger partial charge in [-0.2, -0.15) is 0 Å². The molecule has 0 amide bonds. The van der Waals surface area contributed by atoms with E-state index in [0.29, 0.717) is 12.6 Å². The molecule has 96 valence electrons. The lowest BCUT2D eigenvalue weighted by atomic mass is 10.2. The lowest BCUT2D eigenvalue weighted by molar-refractivity contribution is 0.191. The van der Waals surface area contributed by atoms with Crippen molar-refractivity contribution in [2.75, 3.05) is 6.16 Å². The Hall–Kier alpha value is -0.590. The van der Waals surface area contributed by atoms with E-state index in [1.807, 2.05) is 51.1 Å². The Bertz CT molecular complexity index is 390. The fraction of sp³-hybridized carbons (Fsp3) is 0.571. The first kappa shape index (κ1) is 14.5. The van der Waals surface area contributed by atoms with Crippen molar-refractivity contribution in [3.05, 3.63) is 30.3 Å². The third kappa shape index (κ3) is 3.43. The van der Waals surface area contributed by atoms with E-state index in [1.54, 1.807) is 6.92 Å². The number of hydrogen-bond acceptors (Lipinski definition) is 2. The molecule has 1 aromatic carbocycles. The molecule has 0 aliphatic heterocycles. The summed E-state index contributed by atoms with van der Waals surface area (Å²) in [5, 5.41) is 10.1. The van der Waals surface area contributed by atoms with Crippen molar-refractivity contribution in [1.82, 2.24) is 0 Å². The van der Waals surface area contributed by atoms with E-state index in [0.717, 1.165) is 5.30 Å². The summed E-state index contributed by atoms with van der Waals surface area (Å²) in [7, 11) is -2.47. The molecule has 0 radical (unpaired) electrons. The zero-order valence-corrected chi connectivity index (χ0v) is 12.1. The lowest BCUT2D eigenvalue weighted by Gasteiger charge is -2.32. The molecule has 2 atom stereocenters. The first-order valence-electron chi connectivity index (χ1n) is 6.10. The molecule has 1 unspecified atom stereocenters. The Morgan fingerprint density at radius 2 is 1.76 bits per heavy atom. The predicted molar refractivity (Wildman–Crippen MR) is 74.6 cm³/mol. The SMILES string of the molecule is C[C@@H](O)CCP(=O)(c1ccccc1)C(C)(C)C. The van der Waals surface area contributed by atoms with E-state index in [2.05, 4.69) is 0 Å². The average Bonchev–Trinajstić information content (AvgIpc) is 2.25. The maximum Gasteiger partial charge on any atom is 0.120 e. The van der Waals surface area contributed by atoms with Crippen LogP contribution in [-0.4, -0.2) is 22.5 Å². The molecule has 0 saturated heterocycles. The molecule has 1 aromatic rings. The third-order valence-corrected chi connectivity index (χ3v) is 7.31. The van der Waals surface area contributed by atoms with Crippen LogP contribution in [0.25, 0.3) is 0 Å². The zero-order chi connectivity index (χ0) is 13.1. The molecule has 0 bridgehead atoms. The van der Waals surface area contributed by atoms with Gasteiger partial charge in [0.15, 0.2) is 0 Å². The minimum atomic E-state index is -2.47. The molecule has 0 aliphatic carbocycles. The quantitative estimate of drug-likeness (QED) is 0.837. The molecule has 0 fully saturated rings. The van der Waals surface area contributed by atoms with Crippen molar-refractivity contribution in [3.8, 4) is 0 Å². The number of hydrogen-bond donors (Lipinski definition) is 1. The second kappa shape index (κ2) is 5.37. The monoisotopic (exact) mass is 254 g/mol. The van der Waals surface area contributed by atoms with Crippen molar-refractivity contribution in [1.29, 1.82) is 0 Å². The normalized spacial score (nSPS) is 17.5. The summed E-state index contributed by atoms with van der Waals surface area (Å²) in [5.41, 5.74) is 0. The van der Waals surface area contributed by atoms with E-state index in [1.165, 1.54) is 0 Å². The minimum absolute atomic E-state index is 0.261. The Morgan fingerprint density at radius 1 is 1.24 bits per heavy atom. The van der Waals surface area contributed by atoms with Crippen LogP contribution in [0, 0.1) is 0 Å². The van der Waals surface area contributed by atoms with Gasteiger partial charge in [-0.3, -0.25) is 0 Å². The van der Waals surface area contributed by atoms with Crippen LogP contribution in [0.3, 0.4) is 0 Å². The highest BCUT2D eigenvalue weighted by Gasteiger charge is 2.37. The predicted octanol–water partition coefficient (Wildman–Crippen LogP) is 3.24. The summed E-state index contributed by atoms with van der Waals surface area (Å²) < 4.78 is 13.2. The maximum absolute atomic E-state index is 13.2. The highest BCUT2D eigenvalue weighted by atomic mass is 31.2. The fourth-order valence-corrected chi connectivity index (χ4v) is 4.98. The van der Waals surface area contributed by atoms with Gasteiger partial charge in [0, 0.05) is 16.6 Å². The smallest absolute Gasteiger partial charge is 0.120 e. The number of benzene rings is 1. The van der Waals surface area contributed by atoms with Crippen molar-refractivity contribution < 1.29 is 9.67 Å². The van der Waals surface area contributed by atoms with Gasteiger partial charge in [0.2, 0.25) is 0 Å². The van der Waals surface area contributed by atoms with Gasteiger partial charge < -0.3 is 9.67 Å². The van der Waals surface area contributed by atoms with Gasteiger partial charge in [0.05, 0.1) is 6.10 Å². The highest BCUT2D eigenvalue weighted by molar-refractivity contribution is 7.73. The van der Waals surface area contributed by atoms with Crippen molar-refractivity contribution in [2.45, 2.75) is 45.4 Å². The topological polar surface area (TPSA) is 37.3 Å². The summed E-state index contributed by atoms with van der Waals surface area (Å²) in [4.78, 5) is 0. The molecule has 17 heavy (non-hydrogen) atoms. The van der Waals surface area contributed by atoms with E-state index in [9.17, 15) is 9.67 Å². The molecule has 0 saturated carbocycles. The van der Waals surface area contributed by atoms with Gasteiger partial charge in [-0.1, -0.05) is 51.1 Å². The number of aliphatic hydroxyl groups excluding tert-OH is 1. The summed E-state index contributed by atoms with van der Waals surface area (Å²) in [6.45, 7) is 7.80. The van der Waals surface area contributed by atoms with Gasteiger partial charge >= 0.3 is 0 Å². The largest absolute Gasteiger partial charge is 0.393 e. The maximum atomic E-state index is 13.2. The standard InChI is InChI=1S/C14H23O2P/c1-12(15)10-11-17(16,14(2,3)4)13-8-6-5-7-9-13/h5-9,12,15H,10-11H2,1-4H3/t12-,17?/m1/s1. The summed E-state index contributed by atoms with van der Waals surface area (Å²) in [5.74, 6) is 0. The molecule has 0 aromatic heterocycles. The average molecular weight is 254 g/mol. The zero-order valence-electron chi connectivity index (χ0n) is 11.2. The van der Waals surface area contributed by atoms with E-state index >= 15 is 0 Å². The molecule has 1 N–H and O–H groups in total. The van der Waals surface area contributed by atoms with Crippen LogP contribution in [0.1, 0.15) is 34.1 Å². The number of aliphatic hydroxyl groups is 1. The van der Waals surface area contributed by atoms with Crippen LogP contribution < -0.4 is 5.30 Å². The third-order valence-electron chi connectivity index (χ3n) is 3.12. The van der Waals surface area contributed by atoms with Crippen LogP contribution in [-0.2, 0) is 4.57 Å². The van der Waals surface area contributed by atoms with Crippen molar-refractivity contribution >= 4 is 12.4 Å². The Morgan fingerprint density at radius 3 is 2.18 bits per heavy atom. The van der Waals surface area contributed by atoms with Crippen molar-refractivity contribution in [3.63, 3.8) is 0 Å². The molecular weight excluding hydrogens is 231 g/mol. The van der Waals surface area contributed by atoms with Gasteiger partial charge in [-0.05, 0) is 13.3 Å². The van der Waals surface area contributed by atoms with Crippen LogP contribution in [0.2, 0.25) is 0 Å². The first-order chi connectivity index (χ1) is 7.77. The molecule has 1 rings (SSSR count). The molecule has 0 aliphatic rings. The second-order valence-corrected chi connectivity index (χ2v) is 9.39. The first-order valence-corrected chi connectivity index (χ1v) is 7.99. The van der Waals surface area contributed by atoms with E-state index in [-0.39, 0.29) is 5.16 Å². The summed E-state index contributed by atoms with van der Waals surface area (Å²) in [6, 6.07) is 9.67. The van der Waals surface area contributed by atoms with Crippen molar-refractivity contribution in [2.24, 2.45) is 0 Å². The fourth-order valence-electron chi connectivity index (χ4n) is 1.89.